The van der Waals surface area contributed by atoms with E-state index in [1.165, 1.54) is 10.8 Å². The molecule has 4 atom stereocenters. The van der Waals surface area contributed by atoms with Gasteiger partial charge >= 0.3 is 12.5 Å². The molecule has 1 aliphatic heterocycles. The molecule has 0 spiro atoms. The van der Waals surface area contributed by atoms with Gasteiger partial charge in [-0.1, -0.05) is 6.92 Å². The summed E-state index contributed by atoms with van der Waals surface area (Å²) in [4.78, 5) is 34.4. The van der Waals surface area contributed by atoms with Crippen LogP contribution < -0.4 is 11.2 Å². The van der Waals surface area contributed by atoms with E-state index in [4.69, 9.17) is 14.2 Å². The monoisotopic (exact) mass is 338 g/mol. The van der Waals surface area contributed by atoms with Crippen molar-refractivity contribution in [2.45, 2.75) is 45.1 Å². The number of hydrogen-bond acceptors (Lipinski definition) is 5. The van der Waals surface area contributed by atoms with E-state index in [0.717, 1.165) is 0 Å². The van der Waals surface area contributed by atoms with Gasteiger partial charge in [-0.25, -0.2) is 4.79 Å². The van der Waals surface area contributed by atoms with E-state index in [0.29, 0.717) is 12.0 Å². The van der Waals surface area contributed by atoms with E-state index in [-0.39, 0.29) is 6.42 Å². The highest BCUT2D eigenvalue weighted by atomic mass is 32.5. The van der Waals surface area contributed by atoms with Gasteiger partial charge in [0.05, 0.1) is 12.2 Å². The molecular weight excluding hydrogens is 322 g/mol. The molecule has 2 rings (SSSR count). The topological polar surface area (TPSA) is 93.6 Å². The molecular formula is C11H16FN2O5PS. The molecule has 1 aromatic heterocycles. The quantitative estimate of drug-likeness (QED) is 0.799. The van der Waals surface area contributed by atoms with Gasteiger partial charge < -0.3 is 9.63 Å². The number of H-pyrrole nitrogens is 1. The number of aromatic amines is 1. The van der Waals surface area contributed by atoms with Crippen molar-refractivity contribution in [1.82, 2.24) is 9.55 Å². The van der Waals surface area contributed by atoms with Gasteiger partial charge in [0, 0.05) is 18.2 Å². The van der Waals surface area contributed by atoms with Crippen LogP contribution in [0.2, 0.25) is 0 Å². The Hall–Kier alpha value is -0.860. The summed E-state index contributed by atoms with van der Waals surface area (Å²) in [5, 5.41) is 0. The van der Waals surface area contributed by atoms with Crippen LogP contribution in [-0.2, 0) is 21.1 Å². The number of hydrogen-bond donors (Lipinski definition) is 2. The summed E-state index contributed by atoms with van der Waals surface area (Å²) in [7, 11) is 0. The number of aryl methyl sites for hydroxylation is 1. The molecule has 0 aliphatic carbocycles. The molecule has 1 aliphatic rings. The molecule has 0 saturated carbocycles. The van der Waals surface area contributed by atoms with E-state index in [1.54, 1.807) is 6.92 Å². The van der Waals surface area contributed by atoms with Crippen LogP contribution in [0.25, 0.3) is 0 Å². The molecule has 0 bridgehead atoms. The van der Waals surface area contributed by atoms with Crippen molar-refractivity contribution in [2.24, 2.45) is 0 Å². The highest BCUT2D eigenvalue weighted by Gasteiger charge is 2.39. The Bertz CT molecular complexity index is 684. The van der Waals surface area contributed by atoms with Crippen molar-refractivity contribution in [3.63, 3.8) is 0 Å². The fraction of sp³-hybridized carbons (Fsp3) is 0.636. The molecule has 2 heterocycles. The lowest BCUT2D eigenvalue weighted by Crippen LogP contribution is -2.33. The van der Waals surface area contributed by atoms with Crippen LogP contribution in [-0.4, -0.2) is 26.7 Å². The molecule has 10 heteroatoms. The Morgan fingerprint density at radius 2 is 2.33 bits per heavy atom. The number of nitrogens with one attached hydrogen (secondary N) is 1. The SMILES string of the molecule is CC[C@H]1O[C@@H](n2cc(C)c(=O)[nH]c2=O)C[C@@H]1O[P@@](O)(F)=S. The minimum absolute atomic E-state index is 0.159. The summed E-state index contributed by atoms with van der Waals surface area (Å²) in [5.41, 5.74) is -0.730. The fourth-order valence-electron chi connectivity index (χ4n) is 2.31. The highest BCUT2D eigenvalue weighted by molar-refractivity contribution is 8.06. The van der Waals surface area contributed by atoms with E-state index in [1.807, 2.05) is 6.92 Å². The molecule has 1 saturated heterocycles. The Kier molecular flexibility index (Phi) is 4.79. The van der Waals surface area contributed by atoms with Crippen LogP contribution in [0.15, 0.2) is 15.8 Å². The van der Waals surface area contributed by atoms with Gasteiger partial charge in [-0.2, -0.15) is 4.20 Å². The molecule has 1 aromatic rings. The van der Waals surface area contributed by atoms with Crippen LogP contribution in [0.4, 0.5) is 4.20 Å². The van der Waals surface area contributed by atoms with E-state index >= 15 is 0 Å². The lowest BCUT2D eigenvalue weighted by atomic mass is 10.1. The standard InChI is InChI=1S/C11H16FN2O5PS/c1-3-7-8(19-20(12,17)21)4-9(18-7)14-5-6(2)10(15)13-11(14)16/h5,7-9H,3-4H2,1-2H3,(H,17,21)(H,13,15,16)/t7-,8+,9-,20+/m1/s1. The smallest absolute Gasteiger partial charge is 0.352 e. The third-order valence-electron chi connectivity index (χ3n) is 3.30. The van der Waals surface area contributed by atoms with Crippen molar-refractivity contribution in [2.75, 3.05) is 0 Å². The first-order valence-corrected chi connectivity index (χ1v) is 8.96. The zero-order valence-electron chi connectivity index (χ0n) is 11.5. The maximum atomic E-state index is 13.2. The van der Waals surface area contributed by atoms with Gasteiger partial charge in [-0.15, -0.1) is 0 Å². The van der Waals surface area contributed by atoms with Gasteiger partial charge in [0.2, 0.25) is 0 Å². The second-order valence-electron chi connectivity index (χ2n) is 4.85. The number of nitrogens with zero attached hydrogens (tertiary/aromatic N) is 1. The summed E-state index contributed by atoms with van der Waals surface area (Å²) in [6.07, 6.45) is 0.120. The lowest BCUT2D eigenvalue weighted by Gasteiger charge is -2.17. The second kappa shape index (κ2) is 6.10. The molecule has 0 aromatic carbocycles. The van der Waals surface area contributed by atoms with Gasteiger partial charge in [0.25, 0.3) is 5.56 Å². The number of rotatable bonds is 4. The van der Waals surface area contributed by atoms with Crippen molar-refractivity contribution >= 4 is 18.6 Å². The Morgan fingerprint density at radius 3 is 2.90 bits per heavy atom. The number of halogens is 1. The lowest BCUT2D eigenvalue weighted by molar-refractivity contribution is -0.0188. The van der Waals surface area contributed by atoms with Crippen molar-refractivity contribution in [1.29, 1.82) is 0 Å². The first-order chi connectivity index (χ1) is 9.71. The highest BCUT2D eigenvalue weighted by Crippen LogP contribution is 2.49. The van der Waals surface area contributed by atoms with Crippen LogP contribution in [0, 0.1) is 6.92 Å². The predicted octanol–water partition coefficient (Wildman–Crippen LogP) is 1.11. The minimum atomic E-state index is -4.30. The van der Waals surface area contributed by atoms with E-state index in [9.17, 15) is 13.8 Å². The average Bonchev–Trinajstić information content (AvgIpc) is 2.74. The molecule has 1 fully saturated rings. The molecule has 118 valence electrons. The van der Waals surface area contributed by atoms with Crippen molar-refractivity contribution < 1.29 is 18.4 Å². The summed E-state index contributed by atoms with van der Waals surface area (Å²) < 4.78 is 24.9. The van der Waals surface area contributed by atoms with Gasteiger partial charge in [0.15, 0.2) is 0 Å². The second-order valence-corrected chi connectivity index (χ2v) is 7.31. The van der Waals surface area contributed by atoms with Gasteiger partial charge in [0.1, 0.15) is 6.23 Å². The predicted molar refractivity (Wildman–Crippen MR) is 77.4 cm³/mol. The van der Waals surface area contributed by atoms with Crippen LogP contribution in [0.5, 0.6) is 0 Å². The first-order valence-electron chi connectivity index (χ1n) is 6.39. The molecule has 2 N–H and O–H groups in total. The molecule has 0 unspecified atom stereocenters. The zero-order chi connectivity index (χ0) is 15.8. The van der Waals surface area contributed by atoms with Gasteiger partial charge in [-0.3, -0.25) is 18.9 Å². The van der Waals surface area contributed by atoms with Gasteiger partial charge in [-0.05, 0) is 25.2 Å². The first kappa shape index (κ1) is 16.5. The maximum absolute atomic E-state index is 13.2. The summed E-state index contributed by atoms with van der Waals surface area (Å²) >= 11 is 4.25. The number of aromatic nitrogens is 2. The average molecular weight is 338 g/mol. The fourth-order valence-corrected chi connectivity index (χ4v) is 3.20. The third kappa shape index (κ3) is 3.87. The largest absolute Gasteiger partial charge is 0.363 e. The summed E-state index contributed by atoms with van der Waals surface area (Å²) in [6.45, 7) is -0.936. The maximum Gasteiger partial charge on any atom is 0.363 e. The number of ether oxygens (including phenoxy) is 1. The molecule has 7 nitrogen and oxygen atoms in total. The van der Waals surface area contributed by atoms with Crippen LogP contribution >= 0.6 is 6.80 Å². The van der Waals surface area contributed by atoms with Crippen LogP contribution in [0.3, 0.4) is 0 Å². The third-order valence-corrected chi connectivity index (χ3v) is 4.09. The van der Waals surface area contributed by atoms with Crippen molar-refractivity contribution in [3.8, 4) is 0 Å². The Labute approximate surface area is 125 Å². The Balaban J connectivity index is 2.27. The normalized spacial score (nSPS) is 28.5. The summed E-state index contributed by atoms with van der Waals surface area (Å²) in [6, 6.07) is 0. The van der Waals surface area contributed by atoms with E-state index in [2.05, 4.69) is 16.8 Å². The summed E-state index contributed by atoms with van der Waals surface area (Å²) in [5.74, 6) is 0. The molecule has 21 heavy (non-hydrogen) atoms. The van der Waals surface area contributed by atoms with Crippen molar-refractivity contribution in [3.05, 3.63) is 32.6 Å². The molecule has 0 radical (unpaired) electrons. The van der Waals surface area contributed by atoms with E-state index < -0.39 is 36.5 Å². The van der Waals surface area contributed by atoms with Crippen LogP contribution in [0.1, 0.15) is 31.6 Å². The zero-order valence-corrected chi connectivity index (χ0v) is 13.2. The Morgan fingerprint density at radius 1 is 1.67 bits per heavy atom. The minimum Gasteiger partial charge on any atom is -0.352 e. The molecule has 0 amide bonds.